The topological polar surface area (TPSA) is 87.3 Å². The highest BCUT2D eigenvalue weighted by atomic mass is 16.2. The van der Waals surface area contributed by atoms with E-state index in [1.165, 1.54) is 12.0 Å². The van der Waals surface area contributed by atoms with Gasteiger partial charge in [0.25, 0.3) is 5.91 Å². The van der Waals surface area contributed by atoms with Crippen LogP contribution < -0.4 is 16.0 Å². The predicted molar refractivity (Wildman–Crippen MR) is 89.3 cm³/mol. The van der Waals surface area contributed by atoms with Gasteiger partial charge in [0.15, 0.2) is 0 Å². The molecule has 0 aromatic heterocycles. The fourth-order valence-corrected chi connectivity index (χ4v) is 3.62. The summed E-state index contributed by atoms with van der Waals surface area (Å²) in [6.07, 6.45) is 4.92. The van der Waals surface area contributed by atoms with Gasteiger partial charge < -0.3 is 10.6 Å². The van der Waals surface area contributed by atoms with E-state index < -0.39 is 12.1 Å². The number of rotatable bonds is 5. The van der Waals surface area contributed by atoms with Crippen LogP contribution in [-0.2, 0) is 9.59 Å². The molecule has 4 amide bonds. The quantitative estimate of drug-likeness (QED) is 0.720. The molecule has 1 saturated heterocycles. The van der Waals surface area contributed by atoms with Crippen LogP contribution in [0.1, 0.15) is 50.0 Å². The number of carbonyl (C=O) groups is 3. The maximum atomic E-state index is 12.3. The molecule has 2 fully saturated rings. The number of carbonyl (C=O) groups excluding carboxylic acids is 3. The minimum Gasteiger partial charge on any atom is -0.353 e. The van der Waals surface area contributed by atoms with Crippen molar-refractivity contribution in [2.75, 3.05) is 0 Å². The third kappa shape index (κ3) is 3.93. The number of amides is 4. The first-order chi connectivity index (χ1) is 11.6. The Bertz CT molecular complexity index is 617. The Morgan fingerprint density at radius 3 is 2.58 bits per heavy atom. The van der Waals surface area contributed by atoms with Crippen LogP contribution in [0.3, 0.4) is 0 Å². The first kappa shape index (κ1) is 16.5. The van der Waals surface area contributed by atoms with Crippen molar-refractivity contribution in [1.82, 2.24) is 16.0 Å². The zero-order chi connectivity index (χ0) is 16.9. The van der Waals surface area contributed by atoms with Crippen molar-refractivity contribution in [3.63, 3.8) is 0 Å². The normalized spacial score (nSPS) is 26.6. The van der Waals surface area contributed by atoms with Crippen LogP contribution in [0.4, 0.5) is 4.79 Å². The van der Waals surface area contributed by atoms with Gasteiger partial charge in [0.05, 0.1) is 0 Å². The van der Waals surface area contributed by atoms with E-state index in [0.717, 1.165) is 19.3 Å². The van der Waals surface area contributed by atoms with E-state index in [2.05, 4.69) is 28.1 Å². The molecule has 0 unspecified atom stereocenters. The van der Waals surface area contributed by atoms with Gasteiger partial charge in [0.1, 0.15) is 6.04 Å². The second-order valence-corrected chi connectivity index (χ2v) is 6.53. The molecule has 24 heavy (non-hydrogen) atoms. The summed E-state index contributed by atoms with van der Waals surface area (Å²) < 4.78 is 0. The second kappa shape index (κ2) is 7.47. The molecule has 128 valence electrons. The molecule has 1 aliphatic heterocycles. The van der Waals surface area contributed by atoms with Crippen LogP contribution in [0.5, 0.6) is 0 Å². The zero-order valence-corrected chi connectivity index (χ0v) is 13.6. The Morgan fingerprint density at radius 1 is 1.12 bits per heavy atom. The molecule has 3 N–H and O–H groups in total. The Hall–Kier alpha value is -2.37. The Labute approximate surface area is 141 Å². The van der Waals surface area contributed by atoms with Gasteiger partial charge in [-0.3, -0.25) is 14.9 Å². The first-order valence-corrected chi connectivity index (χ1v) is 8.59. The van der Waals surface area contributed by atoms with Gasteiger partial charge in [-0.2, -0.15) is 0 Å². The summed E-state index contributed by atoms with van der Waals surface area (Å²) in [4.78, 5) is 34.9. The van der Waals surface area contributed by atoms with Gasteiger partial charge in [0, 0.05) is 18.4 Å². The van der Waals surface area contributed by atoms with Crippen molar-refractivity contribution < 1.29 is 14.4 Å². The largest absolute Gasteiger partial charge is 0.353 e. The highest BCUT2D eigenvalue weighted by Crippen LogP contribution is 2.33. The summed E-state index contributed by atoms with van der Waals surface area (Å²) >= 11 is 0. The Morgan fingerprint density at radius 2 is 1.88 bits per heavy atom. The lowest BCUT2D eigenvalue weighted by Gasteiger charge is -2.32. The molecule has 0 spiro atoms. The molecule has 0 radical (unpaired) electrons. The third-order valence-electron chi connectivity index (χ3n) is 4.86. The molecule has 0 bridgehead atoms. The highest BCUT2D eigenvalue weighted by molar-refractivity contribution is 6.04. The molecule has 1 aromatic rings. The molecule has 3 rings (SSSR count). The van der Waals surface area contributed by atoms with Crippen LogP contribution in [0.25, 0.3) is 0 Å². The van der Waals surface area contributed by atoms with E-state index in [9.17, 15) is 14.4 Å². The summed E-state index contributed by atoms with van der Waals surface area (Å²) in [5.41, 5.74) is 1.27. The molecule has 1 heterocycles. The third-order valence-corrected chi connectivity index (χ3v) is 4.86. The summed E-state index contributed by atoms with van der Waals surface area (Å²) in [5.74, 6) is -0.0669. The minimum absolute atomic E-state index is 0.0585. The minimum atomic E-state index is -0.598. The van der Waals surface area contributed by atoms with E-state index in [1.807, 2.05) is 18.2 Å². The summed E-state index contributed by atoms with van der Waals surface area (Å²) in [6, 6.07) is 9.36. The van der Waals surface area contributed by atoms with Crippen molar-refractivity contribution in [2.24, 2.45) is 0 Å². The number of urea groups is 1. The number of benzene rings is 1. The first-order valence-electron chi connectivity index (χ1n) is 8.59. The lowest BCUT2D eigenvalue weighted by molar-refractivity contribution is -0.123. The van der Waals surface area contributed by atoms with Gasteiger partial charge in [-0.1, -0.05) is 43.2 Å². The van der Waals surface area contributed by atoms with E-state index in [1.54, 1.807) is 0 Å². The summed E-state index contributed by atoms with van der Waals surface area (Å²) in [7, 11) is 0. The molecular formula is C18H23N3O3. The van der Waals surface area contributed by atoms with Gasteiger partial charge in [-0.25, -0.2) is 4.79 Å². The van der Waals surface area contributed by atoms with E-state index in [-0.39, 0.29) is 24.3 Å². The molecular weight excluding hydrogens is 306 g/mol. The Balaban J connectivity index is 1.54. The average Bonchev–Trinajstić information content (AvgIpc) is 2.92. The van der Waals surface area contributed by atoms with E-state index >= 15 is 0 Å². The maximum Gasteiger partial charge on any atom is 0.322 e. The number of imide groups is 1. The van der Waals surface area contributed by atoms with Gasteiger partial charge in [0.2, 0.25) is 5.91 Å². The zero-order valence-electron chi connectivity index (χ0n) is 13.6. The van der Waals surface area contributed by atoms with Crippen LogP contribution >= 0.6 is 0 Å². The second-order valence-electron chi connectivity index (χ2n) is 6.53. The van der Waals surface area contributed by atoms with Crippen LogP contribution in [0.15, 0.2) is 30.3 Å². The van der Waals surface area contributed by atoms with Crippen molar-refractivity contribution in [1.29, 1.82) is 0 Å². The van der Waals surface area contributed by atoms with Crippen molar-refractivity contribution in [3.05, 3.63) is 35.9 Å². The van der Waals surface area contributed by atoms with E-state index in [4.69, 9.17) is 0 Å². The maximum absolute atomic E-state index is 12.3. The molecule has 1 aromatic carbocycles. The van der Waals surface area contributed by atoms with Crippen LogP contribution in [-0.4, -0.2) is 29.9 Å². The molecule has 6 heteroatoms. The van der Waals surface area contributed by atoms with Gasteiger partial charge >= 0.3 is 6.03 Å². The standard InChI is InChI=1S/C18H23N3O3/c22-16(11-10-15-17(23)21-18(24)20-15)19-14-9-5-4-8-13(14)12-6-2-1-3-7-12/h1-3,6-7,13-15H,4-5,8-11H2,(H,19,22)(H2,20,21,23,24)/t13-,14-,15+/m1/s1. The van der Waals surface area contributed by atoms with Gasteiger partial charge in [-0.05, 0) is 24.8 Å². The number of nitrogens with one attached hydrogen (secondary N) is 3. The van der Waals surface area contributed by atoms with Crippen molar-refractivity contribution >= 4 is 17.8 Å². The average molecular weight is 329 g/mol. The predicted octanol–water partition coefficient (Wildman–Crippen LogP) is 1.82. The van der Waals surface area contributed by atoms with Crippen molar-refractivity contribution in [2.45, 2.75) is 56.5 Å². The number of hydrogen-bond donors (Lipinski definition) is 3. The molecule has 1 saturated carbocycles. The lowest BCUT2D eigenvalue weighted by atomic mass is 9.80. The van der Waals surface area contributed by atoms with Crippen LogP contribution in [0, 0.1) is 0 Å². The van der Waals surface area contributed by atoms with E-state index in [0.29, 0.717) is 12.3 Å². The Kier molecular flexibility index (Phi) is 5.13. The molecule has 6 nitrogen and oxygen atoms in total. The van der Waals surface area contributed by atoms with Crippen molar-refractivity contribution in [3.8, 4) is 0 Å². The summed E-state index contributed by atoms with van der Waals surface area (Å²) in [5, 5.41) is 7.83. The van der Waals surface area contributed by atoms with Gasteiger partial charge in [-0.15, -0.1) is 0 Å². The monoisotopic (exact) mass is 329 g/mol. The lowest BCUT2D eigenvalue weighted by Crippen LogP contribution is -2.41. The smallest absolute Gasteiger partial charge is 0.322 e. The molecule has 2 aliphatic rings. The summed E-state index contributed by atoms with van der Waals surface area (Å²) in [6.45, 7) is 0. The molecule has 1 aliphatic carbocycles. The fourth-order valence-electron chi connectivity index (χ4n) is 3.62. The molecule has 3 atom stereocenters. The number of hydrogen-bond acceptors (Lipinski definition) is 3. The fraction of sp³-hybridized carbons (Fsp3) is 0.500. The van der Waals surface area contributed by atoms with Crippen LogP contribution in [0.2, 0.25) is 0 Å². The highest BCUT2D eigenvalue weighted by Gasteiger charge is 2.31. The SMILES string of the molecule is O=C(CC[C@@H]1NC(=O)NC1=O)N[C@@H]1CCCC[C@@H]1c1ccccc1.